The van der Waals surface area contributed by atoms with Crippen molar-refractivity contribution in [1.29, 1.82) is 0 Å². The predicted molar refractivity (Wildman–Crippen MR) is 74.8 cm³/mol. The van der Waals surface area contributed by atoms with Crippen molar-refractivity contribution in [3.63, 3.8) is 0 Å². The summed E-state index contributed by atoms with van der Waals surface area (Å²) in [7, 11) is 0. The van der Waals surface area contributed by atoms with Crippen LogP contribution in [0, 0.1) is 0 Å². The summed E-state index contributed by atoms with van der Waals surface area (Å²) in [5, 5.41) is 8.36. The Hall–Kier alpha value is -2.68. The Balaban J connectivity index is 1.78. The Morgan fingerprint density at radius 2 is 1.32 bits per heavy atom. The van der Waals surface area contributed by atoms with Crippen LogP contribution in [0.3, 0.4) is 0 Å². The van der Waals surface area contributed by atoms with Crippen molar-refractivity contribution in [3.8, 4) is 11.3 Å². The zero-order valence-electron chi connectivity index (χ0n) is 10.2. The molecule has 19 heavy (non-hydrogen) atoms. The second-order valence-electron chi connectivity index (χ2n) is 4.06. The predicted octanol–water partition coefficient (Wildman–Crippen LogP) is 5.36. The van der Waals surface area contributed by atoms with E-state index in [4.69, 9.17) is 4.42 Å². The first-order valence-electron chi connectivity index (χ1n) is 6.02. The molecule has 2 aromatic carbocycles. The topological polar surface area (TPSA) is 37.9 Å². The van der Waals surface area contributed by atoms with Gasteiger partial charge in [-0.25, -0.2) is 0 Å². The Kier molecular flexibility index (Phi) is 3.19. The monoisotopic (exact) mass is 248 g/mol. The van der Waals surface area contributed by atoms with Gasteiger partial charge >= 0.3 is 0 Å². The van der Waals surface area contributed by atoms with Crippen LogP contribution in [0.25, 0.3) is 11.3 Å². The third kappa shape index (κ3) is 2.77. The van der Waals surface area contributed by atoms with E-state index in [2.05, 4.69) is 10.2 Å². The number of azo groups is 1. The summed E-state index contributed by atoms with van der Waals surface area (Å²) in [6.07, 6.45) is 1.67. The SMILES string of the molecule is c1ccc(N=Nc2ccc(-c3ccco3)cc2)cc1. The van der Waals surface area contributed by atoms with E-state index in [1.807, 2.05) is 66.7 Å². The number of hydrogen-bond acceptors (Lipinski definition) is 3. The minimum Gasteiger partial charge on any atom is -0.464 e. The fourth-order valence-electron chi connectivity index (χ4n) is 1.75. The molecule has 0 aliphatic carbocycles. The molecule has 0 spiro atoms. The Morgan fingerprint density at radius 1 is 0.632 bits per heavy atom. The summed E-state index contributed by atoms with van der Waals surface area (Å²) in [6, 6.07) is 21.3. The molecule has 3 nitrogen and oxygen atoms in total. The molecule has 3 aromatic rings. The van der Waals surface area contributed by atoms with E-state index in [0.29, 0.717) is 0 Å². The number of furan rings is 1. The molecule has 0 aliphatic heterocycles. The molecular formula is C16H12N2O. The van der Waals surface area contributed by atoms with Crippen molar-refractivity contribution in [2.45, 2.75) is 0 Å². The molecule has 0 saturated heterocycles. The van der Waals surface area contributed by atoms with Crippen molar-refractivity contribution in [3.05, 3.63) is 73.0 Å². The van der Waals surface area contributed by atoms with Gasteiger partial charge < -0.3 is 4.42 Å². The van der Waals surface area contributed by atoms with Gasteiger partial charge in [0, 0.05) is 5.56 Å². The number of rotatable bonds is 3. The van der Waals surface area contributed by atoms with Gasteiger partial charge in [-0.15, -0.1) is 0 Å². The van der Waals surface area contributed by atoms with Gasteiger partial charge in [0.25, 0.3) is 0 Å². The number of hydrogen-bond donors (Lipinski definition) is 0. The largest absolute Gasteiger partial charge is 0.464 e. The quantitative estimate of drug-likeness (QED) is 0.575. The fraction of sp³-hybridized carbons (Fsp3) is 0. The molecule has 3 rings (SSSR count). The zero-order valence-corrected chi connectivity index (χ0v) is 10.2. The van der Waals surface area contributed by atoms with Gasteiger partial charge in [0.1, 0.15) is 5.76 Å². The average molecular weight is 248 g/mol. The lowest BCUT2D eigenvalue weighted by Gasteiger charge is -1.97. The second kappa shape index (κ2) is 5.31. The molecule has 1 heterocycles. The molecule has 0 fully saturated rings. The molecule has 92 valence electrons. The molecule has 0 atom stereocenters. The highest BCUT2D eigenvalue weighted by molar-refractivity contribution is 5.60. The van der Waals surface area contributed by atoms with Gasteiger partial charge in [0.05, 0.1) is 17.6 Å². The van der Waals surface area contributed by atoms with Crippen molar-refractivity contribution in [2.75, 3.05) is 0 Å². The lowest BCUT2D eigenvalue weighted by atomic mass is 10.1. The highest BCUT2D eigenvalue weighted by Gasteiger charge is 1.99. The van der Waals surface area contributed by atoms with Gasteiger partial charge in [-0.05, 0) is 48.5 Å². The Morgan fingerprint density at radius 3 is 1.95 bits per heavy atom. The van der Waals surface area contributed by atoms with Crippen molar-refractivity contribution in [2.24, 2.45) is 10.2 Å². The van der Waals surface area contributed by atoms with E-state index in [1.54, 1.807) is 6.26 Å². The summed E-state index contributed by atoms with van der Waals surface area (Å²) in [4.78, 5) is 0. The summed E-state index contributed by atoms with van der Waals surface area (Å²) in [6.45, 7) is 0. The maximum atomic E-state index is 5.33. The van der Waals surface area contributed by atoms with E-state index < -0.39 is 0 Å². The smallest absolute Gasteiger partial charge is 0.133 e. The first-order chi connectivity index (χ1) is 9.42. The average Bonchev–Trinajstić information content (AvgIpc) is 3.01. The van der Waals surface area contributed by atoms with Crippen LogP contribution in [0.5, 0.6) is 0 Å². The van der Waals surface area contributed by atoms with Crippen LogP contribution in [-0.2, 0) is 0 Å². The molecule has 1 aromatic heterocycles. The third-order valence-electron chi connectivity index (χ3n) is 2.71. The molecule has 0 aliphatic rings. The van der Waals surface area contributed by atoms with E-state index in [1.165, 1.54) is 0 Å². The molecule has 0 N–H and O–H groups in total. The molecule has 0 saturated carbocycles. The first kappa shape index (κ1) is 11.4. The van der Waals surface area contributed by atoms with Crippen LogP contribution in [0.2, 0.25) is 0 Å². The Bertz CT molecular complexity index is 656. The number of nitrogens with zero attached hydrogens (tertiary/aromatic N) is 2. The summed E-state index contributed by atoms with van der Waals surface area (Å²) < 4.78 is 5.33. The summed E-state index contributed by atoms with van der Waals surface area (Å²) >= 11 is 0. The van der Waals surface area contributed by atoms with E-state index in [-0.39, 0.29) is 0 Å². The van der Waals surface area contributed by atoms with Crippen LogP contribution < -0.4 is 0 Å². The lowest BCUT2D eigenvalue weighted by Crippen LogP contribution is -1.71. The van der Waals surface area contributed by atoms with Crippen molar-refractivity contribution in [1.82, 2.24) is 0 Å². The van der Waals surface area contributed by atoms with Gasteiger partial charge in [-0.1, -0.05) is 18.2 Å². The first-order valence-corrected chi connectivity index (χ1v) is 6.02. The highest BCUT2D eigenvalue weighted by Crippen LogP contribution is 2.24. The molecule has 0 radical (unpaired) electrons. The maximum absolute atomic E-state index is 5.33. The van der Waals surface area contributed by atoms with Gasteiger partial charge in [-0.2, -0.15) is 10.2 Å². The van der Waals surface area contributed by atoms with Crippen LogP contribution in [0.15, 0.2) is 87.6 Å². The minimum absolute atomic E-state index is 0.819. The normalized spacial score (nSPS) is 10.9. The Labute approximate surface area is 111 Å². The molecule has 0 unspecified atom stereocenters. The number of benzene rings is 2. The third-order valence-corrected chi connectivity index (χ3v) is 2.71. The molecular weight excluding hydrogens is 236 g/mol. The highest BCUT2D eigenvalue weighted by atomic mass is 16.3. The van der Waals surface area contributed by atoms with Crippen molar-refractivity contribution >= 4 is 11.4 Å². The van der Waals surface area contributed by atoms with Crippen LogP contribution in [-0.4, -0.2) is 0 Å². The van der Waals surface area contributed by atoms with E-state index in [0.717, 1.165) is 22.7 Å². The van der Waals surface area contributed by atoms with Gasteiger partial charge in [0.2, 0.25) is 0 Å². The lowest BCUT2D eigenvalue weighted by molar-refractivity contribution is 0.582. The van der Waals surface area contributed by atoms with Crippen molar-refractivity contribution < 1.29 is 4.42 Å². The van der Waals surface area contributed by atoms with Gasteiger partial charge in [0.15, 0.2) is 0 Å². The van der Waals surface area contributed by atoms with E-state index in [9.17, 15) is 0 Å². The second-order valence-corrected chi connectivity index (χ2v) is 4.06. The molecule has 3 heteroatoms. The maximum Gasteiger partial charge on any atom is 0.133 e. The standard InChI is InChI=1S/C16H12N2O/c1-2-5-14(6-3-1)17-18-15-10-8-13(9-11-15)16-7-4-12-19-16/h1-12H. The summed E-state index contributed by atoms with van der Waals surface area (Å²) in [5.41, 5.74) is 2.69. The van der Waals surface area contributed by atoms with E-state index >= 15 is 0 Å². The van der Waals surface area contributed by atoms with Crippen LogP contribution in [0.1, 0.15) is 0 Å². The molecule has 0 amide bonds. The van der Waals surface area contributed by atoms with Crippen LogP contribution >= 0.6 is 0 Å². The zero-order chi connectivity index (χ0) is 12.9. The van der Waals surface area contributed by atoms with Crippen LogP contribution in [0.4, 0.5) is 11.4 Å². The fourth-order valence-corrected chi connectivity index (χ4v) is 1.75. The molecule has 0 bridgehead atoms. The summed E-state index contributed by atoms with van der Waals surface area (Å²) in [5.74, 6) is 0.853. The van der Waals surface area contributed by atoms with Gasteiger partial charge in [-0.3, -0.25) is 0 Å². The minimum atomic E-state index is 0.819.